The molecule has 1 aliphatic carbocycles. The van der Waals surface area contributed by atoms with Crippen molar-refractivity contribution in [1.29, 1.82) is 0 Å². The summed E-state index contributed by atoms with van der Waals surface area (Å²) >= 11 is 1.62. The van der Waals surface area contributed by atoms with Crippen LogP contribution in [-0.2, 0) is 13.0 Å². The third kappa shape index (κ3) is 2.01. The number of thioether (sulfide) groups is 1. The van der Waals surface area contributed by atoms with E-state index in [9.17, 15) is 0 Å². The molecule has 1 aromatic rings. The number of rotatable bonds is 3. The summed E-state index contributed by atoms with van der Waals surface area (Å²) in [6.45, 7) is 1.93. The predicted octanol–water partition coefficient (Wildman–Crippen LogP) is 1.42. The highest BCUT2D eigenvalue weighted by Gasteiger charge is 2.25. The van der Waals surface area contributed by atoms with Crippen LogP contribution in [0.4, 0.5) is 5.82 Å². The Morgan fingerprint density at radius 3 is 3.00 bits per heavy atom. The van der Waals surface area contributed by atoms with E-state index in [1.165, 1.54) is 24.1 Å². The molecule has 3 rings (SSSR count). The van der Waals surface area contributed by atoms with Gasteiger partial charge in [0.25, 0.3) is 0 Å². The van der Waals surface area contributed by atoms with Crippen molar-refractivity contribution in [3.05, 3.63) is 11.3 Å². The molecule has 2 aliphatic rings. The molecular weight excluding hydrogens is 220 g/mol. The standard InChI is InChI=1S/C11H16N4S/c1-16-11-14-9-4-5-12-6-8(9)10(15-11)13-7-2-3-7/h7,12H,2-6H2,1H3,(H,13,14,15). The minimum Gasteiger partial charge on any atom is -0.367 e. The zero-order valence-electron chi connectivity index (χ0n) is 9.42. The van der Waals surface area contributed by atoms with Crippen LogP contribution in [0.15, 0.2) is 5.16 Å². The molecule has 0 radical (unpaired) electrons. The molecule has 16 heavy (non-hydrogen) atoms. The third-order valence-corrected chi connectivity index (χ3v) is 3.56. The second kappa shape index (κ2) is 4.22. The summed E-state index contributed by atoms with van der Waals surface area (Å²) in [4.78, 5) is 9.18. The molecule has 0 aromatic carbocycles. The molecule has 1 aromatic heterocycles. The number of hydrogen-bond donors (Lipinski definition) is 2. The van der Waals surface area contributed by atoms with Gasteiger partial charge in [-0.15, -0.1) is 0 Å². The van der Waals surface area contributed by atoms with E-state index in [1.807, 2.05) is 6.26 Å². The minimum atomic E-state index is 0.649. The first-order valence-corrected chi connectivity index (χ1v) is 7.00. The molecule has 1 saturated carbocycles. The Morgan fingerprint density at radius 1 is 1.38 bits per heavy atom. The van der Waals surface area contributed by atoms with Crippen molar-refractivity contribution >= 4 is 17.6 Å². The number of hydrogen-bond acceptors (Lipinski definition) is 5. The maximum Gasteiger partial charge on any atom is 0.189 e. The largest absolute Gasteiger partial charge is 0.367 e. The fraction of sp³-hybridized carbons (Fsp3) is 0.636. The second-order valence-electron chi connectivity index (χ2n) is 4.33. The van der Waals surface area contributed by atoms with E-state index < -0.39 is 0 Å². The van der Waals surface area contributed by atoms with E-state index >= 15 is 0 Å². The zero-order chi connectivity index (χ0) is 11.0. The van der Waals surface area contributed by atoms with Crippen LogP contribution in [-0.4, -0.2) is 28.8 Å². The van der Waals surface area contributed by atoms with Crippen LogP contribution in [0.25, 0.3) is 0 Å². The summed E-state index contributed by atoms with van der Waals surface area (Å²) in [6, 6.07) is 0.649. The van der Waals surface area contributed by atoms with Gasteiger partial charge in [0.05, 0.1) is 5.69 Å². The molecule has 0 bridgehead atoms. The lowest BCUT2D eigenvalue weighted by Crippen LogP contribution is -2.26. The zero-order valence-corrected chi connectivity index (χ0v) is 10.2. The van der Waals surface area contributed by atoms with Crippen LogP contribution in [0.3, 0.4) is 0 Å². The van der Waals surface area contributed by atoms with Crippen LogP contribution >= 0.6 is 11.8 Å². The van der Waals surface area contributed by atoms with Crippen molar-refractivity contribution in [3.63, 3.8) is 0 Å². The fourth-order valence-corrected chi connectivity index (χ4v) is 2.34. The number of nitrogens with zero attached hydrogens (tertiary/aromatic N) is 2. The minimum absolute atomic E-state index is 0.649. The van der Waals surface area contributed by atoms with Crippen LogP contribution < -0.4 is 10.6 Å². The molecule has 5 heteroatoms. The van der Waals surface area contributed by atoms with Gasteiger partial charge >= 0.3 is 0 Å². The third-order valence-electron chi connectivity index (χ3n) is 3.01. The molecule has 86 valence electrons. The first kappa shape index (κ1) is 10.4. The lowest BCUT2D eigenvalue weighted by molar-refractivity contribution is 0.618. The predicted molar refractivity (Wildman–Crippen MR) is 65.9 cm³/mol. The molecule has 4 nitrogen and oxygen atoms in total. The molecule has 2 N–H and O–H groups in total. The topological polar surface area (TPSA) is 49.8 Å². The highest BCUT2D eigenvalue weighted by Crippen LogP contribution is 2.29. The highest BCUT2D eigenvalue weighted by atomic mass is 32.2. The maximum atomic E-state index is 4.59. The van der Waals surface area contributed by atoms with Crippen LogP contribution in [0.2, 0.25) is 0 Å². The van der Waals surface area contributed by atoms with E-state index in [1.54, 1.807) is 11.8 Å². The van der Waals surface area contributed by atoms with Gasteiger partial charge in [0.2, 0.25) is 0 Å². The average Bonchev–Trinajstić information content (AvgIpc) is 3.13. The van der Waals surface area contributed by atoms with E-state index in [0.29, 0.717) is 6.04 Å². The van der Waals surface area contributed by atoms with Gasteiger partial charge in [-0.05, 0) is 19.1 Å². The Labute approximate surface area is 99.6 Å². The highest BCUT2D eigenvalue weighted by molar-refractivity contribution is 7.98. The summed E-state index contributed by atoms with van der Waals surface area (Å²) in [7, 11) is 0. The van der Waals surface area contributed by atoms with Crippen molar-refractivity contribution in [1.82, 2.24) is 15.3 Å². The quantitative estimate of drug-likeness (QED) is 0.614. The Morgan fingerprint density at radius 2 is 2.25 bits per heavy atom. The number of nitrogens with one attached hydrogen (secondary N) is 2. The lowest BCUT2D eigenvalue weighted by Gasteiger charge is -2.20. The fourth-order valence-electron chi connectivity index (χ4n) is 1.95. The van der Waals surface area contributed by atoms with Crippen molar-refractivity contribution in [2.75, 3.05) is 18.1 Å². The summed E-state index contributed by atoms with van der Waals surface area (Å²) < 4.78 is 0. The van der Waals surface area contributed by atoms with Crippen LogP contribution in [0, 0.1) is 0 Å². The van der Waals surface area contributed by atoms with Gasteiger partial charge in [-0.1, -0.05) is 11.8 Å². The second-order valence-corrected chi connectivity index (χ2v) is 5.10. The molecule has 1 aliphatic heterocycles. The smallest absolute Gasteiger partial charge is 0.189 e. The van der Waals surface area contributed by atoms with E-state index in [0.717, 1.165) is 30.5 Å². The molecule has 2 heterocycles. The molecule has 0 atom stereocenters. The average molecular weight is 236 g/mol. The summed E-state index contributed by atoms with van der Waals surface area (Å²) in [5, 5.41) is 7.79. The van der Waals surface area contributed by atoms with E-state index in [2.05, 4.69) is 20.6 Å². The SMILES string of the molecule is CSc1nc2c(c(NC3CC3)n1)CNCC2. The van der Waals surface area contributed by atoms with E-state index in [-0.39, 0.29) is 0 Å². The number of anilines is 1. The normalized spacial score (nSPS) is 19.3. The van der Waals surface area contributed by atoms with Gasteiger partial charge in [0, 0.05) is 31.1 Å². The Kier molecular flexibility index (Phi) is 2.73. The van der Waals surface area contributed by atoms with Crippen molar-refractivity contribution in [2.45, 2.75) is 37.0 Å². The Balaban J connectivity index is 1.97. The van der Waals surface area contributed by atoms with Gasteiger partial charge < -0.3 is 10.6 Å². The van der Waals surface area contributed by atoms with Crippen LogP contribution in [0.5, 0.6) is 0 Å². The summed E-state index contributed by atoms with van der Waals surface area (Å²) in [5.74, 6) is 1.06. The van der Waals surface area contributed by atoms with Gasteiger partial charge in [0.1, 0.15) is 5.82 Å². The molecule has 0 saturated heterocycles. The Bertz CT molecular complexity index is 403. The van der Waals surface area contributed by atoms with Crippen molar-refractivity contribution in [2.24, 2.45) is 0 Å². The molecule has 0 spiro atoms. The van der Waals surface area contributed by atoms with Gasteiger partial charge in [-0.2, -0.15) is 0 Å². The Hall–Kier alpha value is -0.810. The monoisotopic (exact) mass is 236 g/mol. The molecule has 0 unspecified atom stereocenters. The lowest BCUT2D eigenvalue weighted by atomic mass is 10.1. The van der Waals surface area contributed by atoms with Gasteiger partial charge in [-0.3, -0.25) is 0 Å². The van der Waals surface area contributed by atoms with Crippen molar-refractivity contribution in [3.8, 4) is 0 Å². The number of fused-ring (bicyclic) bond motifs is 1. The first-order chi connectivity index (χ1) is 7.86. The van der Waals surface area contributed by atoms with E-state index in [4.69, 9.17) is 0 Å². The molecule has 0 amide bonds. The molecule has 1 fully saturated rings. The summed E-state index contributed by atoms with van der Waals surface area (Å²) in [5.41, 5.74) is 2.50. The van der Waals surface area contributed by atoms with Crippen LogP contribution in [0.1, 0.15) is 24.1 Å². The van der Waals surface area contributed by atoms with Crippen molar-refractivity contribution < 1.29 is 0 Å². The number of aromatic nitrogens is 2. The van der Waals surface area contributed by atoms with Gasteiger partial charge in [-0.25, -0.2) is 9.97 Å². The van der Waals surface area contributed by atoms with Gasteiger partial charge in [0.15, 0.2) is 5.16 Å². The summed E-state index contributed by atoms with van der Waals surface area (Å²) in [6.07, 6.45) is 5.61. The maximum absolute atomic E-state index is 4.59. The first-order valence-electron chi connectivity index (χ1n) is 5.78. The molecular formula is C11H16N4S.